The first-order chi connectivity index (χ1) is 5.99. The van der Waals surface area contributed by atoms with E-state index < -0.39 is 18.1 Å². The number of aliphatic carboxylic acids is 1. The van der Waals surface area contributed by atoms with Gasteiger partial charge in [-0.25, -0.2) is 0 Å². The summed E-state index contributed by atoms with van der Waals surface area (Å²) in [7, 11) is 3.40. The summed E-state index contributed by atoms with van der Waals surface area (Å²) >= 11 is 0. The van der Waals surface area contributed by atoms with Crippen LogP contribution in [-0.4, -0.2) is 53.9 Å². The van der Waals surface area contributed by atoms with Gasteiger partial charge in [0, 0.05) is 6.54 Å². The third kappa shape index (κ3) is 4.82. The van der Waals surface area contributed by atoms with Gasteiger partial charge in [-0.3, -0.25) is 9.69 Å². The van der Waals surface area contributed by atoms with Gasteiger partial charge >= 0.3 is 5.97 Å². The Labute approximate surface area is 78.1 Å². The molecule has 0 aromatic carbocycles. The molecule has 0 aromatic heterocycles. The van der Waals surface area contributed by atoms with Crippen LogP contribution < -0.4 is 5.73 Å². The molecular formula is C8H18N2O3. The van der Waals surface area contributed by atoms with E-state index in [4.69, 9.17) is 15.9 Å². The van der Waals surface area contributed by atoms with Gasteiger partial charge in [0.05, 0.1) is 6.10 Å². The number of hydrogen-bond acceptors (Lipinski definition) is 4. The van der Waals surface area contributed by atoms with Gasteiger partial charge in [-0.05, 0) is 26.9 Å². The zero-order valence-electron chi connectivity index (χ0n) is 8.10. The van der Waals surface area contributed by atoms with Crippen LogP contribution in [0, 0.1) is 0 Å². The number of nitrogens with two attached hydrogens (primary N) is 1. The van der Waals surface area contributed by atoms with Crippen molar-refractivity contribution in [2.24, 2.45) is 5.73 Å². The predicted octanol–water partition coefficient (Wildman–Crippen LogP) is -0.899. The van der Waals surface area contributed by atoms with E-state index in [1.54, 1.807) is 19.0 Å². The van der Waals surface area contributed by atoms with Crippen molar-refractivity contribution in [3.63, 3.8) is 0 Å². The molecule has 13 heavy (non-hydrogen) atoms. The normalized spacial score (nSPS) is 15.8. The van der Waals surface area contributed by atoms with E-state index in [1.807, 2.05) is 0 Å². The Hall–Kier alpha value is -0.650. The lowest BCUT2D eigenvalue weighted by Crippen LogP contribution is -2.36. The van der Waals surface area contributed by atoms with Crippen molar-refractivity contribution < 1.29 is 15.0 Å². The maximum Gasteiger partial charge on any atom is 0.320 e. The minimum Gasteiger partial charge on any atom is -0.480 e. The van der Waals surface area contributed by atoms with E-state index in [0.717, 1.165) is 0 Å². The second-order valence-electron chi connectivity index (χ2n) is 3.28. The van der Waals surface area contributed by atoms with E-state index >= 15 is 0 Å². The van der Waals surface area contributed by atoms with Crippen LogP contribution in [0.3, 0.4) is 0 Å². The van der Waals surface area contributed by atoms with Crippen LogP contribution in [0.15, 0.2) is 0 Å². The number of nitrogens with zero attached hydrogens (tertiary/aromatic N) is 1. The molecule has 0 saturated heterocycles. The van der Waals surface area contributed by atoms with Crippen LogP contribution in [0.25, 0.3) is 0 Å². The fourth-order valence-corrected chi connectivity index (χ4v) is 1.07. The fraction of sp³-hybridized carbons (Fsp3) is 0.875. The Morgan fingerprint density at radius 3 is 2.31 bits per heavy atom. The molecule has 0 aliphatic heterocycles. The molecule has 0 spiro atoms. The molecule has 0 fully saturated rings. The van der Waals surface area contributed by atoms with Gasteiger partial charge in [-0.1, -0.05) is 0 Å². The molecule has 2 unspecified atom stereocenters. The number of aliphatic hydroxyl groups is 1. The molecule has 0 heterocycles. The Balaban J connectivity index is 3.90. The number of carboxylic acid groups (broad SMARTS) is 1. The van der Waals surface area contributed by atoms with Gasteiger partial charge in [0.2, 0.25) is 0 Å². The zero-order chi connectivity index (χ0) is 10.4. The third-order valence-electron chi connectivity index (χ3n) is 1.95. The predicted molar refractivity (Wildman–Crippen MR) is 49.4 cm³/mol. The van der Waals surface area contributed by atoms with Crippen LogP contribution >= 0.6 is 0 Å². The van der Waals surface area contributed by atoms with Crippen molar-refractivity contribution in [2.75, 3.05) is 20.6 Å². The van der Waals surface area contributed by atoms with Crippen LogP contribution in [0.5, 0.6) is 0 Å². The van der Waals surface area contributed by atoms with Crippen molar-refractivity contribution in [2.45, 2.75) is 25.0 Å². The van der Waals surface area contributed by atoms with Crippen LogP contribution in [-0.2, 0) is 4.79 Å². The highest BCUT2D eigenvalue weighted by molar-refractivity contribution is 5.73. The molecular weight excluding hydrogens is 172 g/mol. The zero-order valence-corrected chi connectivity index (χ0v) is 8.10. The minimum atomic E-state index is -0.866. The lowest BCUT2D eigenvalue weighted by atomic mass is 10.1. The first-order valence-electron chi connectivity index (χ1n) is 4.26. The number of aliphatic hydroxyl groups excluding tert-OH is 1. The average molecular weight is 190 g/mol. The lowest BCUT2D eigenvalue weighted by Gasteiger charge is -2.20. The van der Waals surface area contributed by atoms with Gasteiger partial charge in [0.15, 0.2) is 0 Å². The number of likely N-dealkylation sites (N-methyl/N-ethyl adjacent to an activating group) is 1. The summed E-state index contributed by atoms with van der Waals surface area (Å²) in [6.07, 6.45) is 0.244. The van der Waals surface area contributed by atoms with Gasteiger partial charge in [-0.15, -0.1) is 0 Å². The second-order valence-corrected chi connectivity index (χ2v) is 3.28. The van der Waals surface area contributed by atoms with Gasteiger partial charge in [0.1, 0.15) is 6.04 Å². The van der Waals surface area contributed by atoms with Gasteiger partial charge in [0.25, 0.3) is 0 Å². The average Bonchev–Trinajstić information content (AvgIpc) is 2.03. The van der Waals surface area contributed by atoms with Crippen molar-refractivity contribution >= 4 is 5.97 Å². The molecule has 2 atom stereocenters. The molecule has 4 N–H and O–H groups in total. The van der Waals surface area contributed by atoms with Gasteiger partial charge in [-0.2, -0.15) is 0 Å². The van der Waals surface area contributed by atoms with E-state index in [0.29, 0.717) is 12.8 Å². The Bertz CT molecular complexity index is 161. The lowest BCUT2D eigenvalue weighted by molar-refractivity contribution is -0.142. The molecule has 0 aromatic rings. The summed E-state index contributed by atoms with van der Waals surface area (Å²) in [5.74, 6) is -0.866. The maximum absolute atomic E-state index is 10.7. The maximum atomic E-state index is 10.7. The molecule has 0 saturated carbocycles. The highest BCUT2D eigenvalue weighted by Gasteiger charge is 2.20. The summed E-state index contributed by atoms with van der Waals surface area (Å²) in [6.45, 7) is 0.180. The largest absolute Gasteiger partial charge is 0.480 e. The molecule has 0 aliphatic carbocycles. The first kappa shape index (κ1) is 12.3. The smallest absolute Gasteiger partial charge is 0.320 e. The highest BCUT2D eigenvalue weighted by Crippen LogP contribution is 2.05. The van der Waals surface area contributed by atoms with E-state index in [9.17, 15) is 4.79 Å². The number of carbonyl (C=O) groups is 1. The molecule has 5 nitrogen and oxygen atoms in total. The topological polar surface area (TPSA) is 86.8 Å². The summed E-state index contributed by atoms with van der Waals surface area (Å²) in [4.78, 5) is 12.3. The quantitative estimate of drug-likeness (QED) is 0.505. The molecule has 0 amide bonds. The van der Waals surface area contributed by atoms with E-state index in [-0.39, 0.29) is 6.54 Å². The van der Waals surface area contributed by atoms with Crippen LogP contribution in [0.1, 0.15) is 12.8 Å². The number of carboxylic acids is 1. The summed E-state index contributed by atoms with van der Waals surface area (Å²) < 4.78 is 0. The second kappa shape index (κ2) is 5.90. The molecule has 78 valence electrons. The molecule has 5 heteroatoms. The minimum absolute atomic E-state index is 0.180. The van der Waals surface area contributed by atoms with Crippen molar-refractivity contribution in [1.29, 1.82) is 0 Å². The van der Waals surface area contributed by atoms with Crippen molar-refractivity contribution in [1.82, 2.24) is 4.90 Å². The van der Waals surface area contributed by atoms with Gasteiger partial charge < -0.3 is 15.9 Å². The first-order valence-corrected chi connectivity index (χ1v) is 4.26. The van der Waals surface area contributed by atoms with E-state index in [1.165, 1.54) is 0 Å². The Morgan fingerprint density at radius 1 is 1.46 bits per heavy atom. The summed E-state index contributed by atoms with van der Waals surface area (Å²) in [6, 6.07) is -0.541. The van der Waals surface area contributed by atoms with Crippen molar-refractivity contribution in [3.05, 3.63) is 0 Å². The summed E-state index contributed by atoms with van der Waals surface area (Å²) in [5, 5.41) is 17.9. The van der Waals surface area contributed by atoms with Crippen LogP contribution in [0.2, 0.25) is 0 Å². The molecule has 0 rings (SSSR count). The standard InChI is InChI=1S/C8H18N2O3/c1-10(2)7(8(12)13)4-3-6(11)5-9/h6-7,11H,3-5,9H2,1-2H3,(H,12,13). The Morgan fingerprint density at radius 2 is 2.00 bits per heavy atom. The Kier molecular flexibility index (Phi) is 5.61. The molecule has 0 bridgehead atoms. The van der Waals surface area contributed by atoms with E-state index in [2.05, 4.69) is 0 Å². The highest BCUT2D eigenvalue weighted by atomic mass is 16.4. The summed E-state index contributed by atoms with van der Waals surface area (Å²) in [5.41, 5.74) is 5.20. The fourth-order valence-electron chi connectivity index (χ4n) is 1.07. The molecule has 0 radical (unpaired) electrons. The number of hydrogen-bond donors (Lipinski definition) is 3. The van der Waals surface area contributed by atoms with Crippen LogP contribution in [0.4, 0.5) is 0 Å². The monoisotopic (exact) mass is 190 g/mol. The third-order valence-corrected chi connectivity index (χ3v) is 1.95. The SMILES string of the molecule is CN(C)C(CCC(O)CN)C(=O)O. The molecule has 0 aliphatic rings. The number of rotatable bonds is 6. The van der Waals surface area contributed by atoms with Crippen molar-refractivity contribution in [3.8, 4) is 0 Å².